The highest BCUT2D eigenvalue weighted by Gasteiger charge is 2.26. The first-order valence-corrected chi connectivity index (χ1v) is 8.03. The van der Waals surface area contributed by atoms with Crippen LogP contribution in [0.3, 0.4) is 0 Å². The molecule has 4 heterocycles. The first-order valence-electron chi connectivity index (χ1n) is 8.03. The second kappa shape index (κ2) is 5.09. The van der Waals surface area contributed by atoms with Crippen LogP contribution >= 0.6 is 0 Å². The molecule has 8 heteroatoms. The molecule has 26 heavy (non-hydrogen) atoms. The minimum absolute atomic E-state index is 0.121. The van der Waals surface area contributed by atoms with E-state index in [0.29, 0.717) is 5.82 Å². The smallest absolute Gasteiger partial charge is 0.347 e. The molecular formula is C18H14N6O2. The highest BCUT2D eigenvalue weighted by molar-refractivity contribution is 6.02. The van der Waals surface area contributed by atoms with Crippen LogP contribution in [0.25, 0.3) is 16.6 Å². The summed E-state index contributed by atoms with van der Waals surface area (Å²) in [5.41, 5.74) is 10.7. The van der Waals surface area contributed by atoms with Crippen LogP contribution in [0.1, 0.15) is 15.9 Å². The normalized spacial score (nSPS) is 11.6. The van der Waals surface area contributed by atoms with E-state index in [1.165, 1.54) is 6.20 Å². The number of carbonyl (C=O) groups is 1. The van der Waals surface area contributed by atoms with Gasteiger partial charge in [-0.3, -0.25) is 4.79 Å². The van der Waals surface area contributed by atoms with Crippen molar-refractivity contribution in [3.8, 4) is 6.01 Å². The number of nitrogens with two attached hydrogens (primary N) is 1. The van der Waals surface area contributed by atoms with E-state index in [1.807, 2.05) is 53.9 Å². The number of aromatic nitrogens is 4. The molecule has 0 saturated heterocycles. The maximum absolute atomic E-state index is 11.7. The number of amides is 1. The molecule has 0 fully saturated rings. The summed E-state index contributed by atoms with van der Waals surface area (Å²) in [6, 6.07) is 13.8. The van der Waals surface area contributed by atoms with Gasteiger partial charge in [0.25, 0.3) is 5.91 Å². The average Bonchev–Trinajstić information content (AvgIpc) is 2.59. The number of carbonyl (C=O) groups excluding carboxylic acids is 1. The molecule has 6 aromatic rings. The number of hydrogen-bond acceptors (Lipinski definition) is 5. The predicted molar refractivity (Wildman–Crippen MR) is 96.3 cm³/mol. The van der Waals surface area contributed by atoms with Crippen LogP contribution in [0.5, 0.6) is 6.01 Å². The van der Waals surface area contributed by atoms with Crippen molar-refractivity contribution in [3.05, 3.63) is 59.8 Å². The van der Waals surface area contributed by atoms with Gasteiger partial charge in [-0.2, -0.15) is 4.98 Å². The van der Waals surface area contributed by atoms with Crippen molar-refractivity contribution < 1.29 is 9.63 Å². The van der Waals surface area contributed by atoms with Gasteiger partial charge in [0, 0.05) is 11.9 Å². The Labute approximate surface area is 147 Å². The lowest BCUT2D eigenvalue weighted by Gasteiger charge is -2.29. The van der Waals surface area contributed by atoms with Gasteiger partial charge < -0.3 is 15.9 Å². The summed E-state index contributed by atoms with van der Waals surface area (Å²) >= 11 is 0. The largest absolute Gasteiger partial charge is 0.365 e. The molecular weight excluding hydrogens is 332 g/mol. The molecule has 6 rings (SSSR count). The number of pyridine rings is 1. The van der Waals surface area contributed by atoms with Gasteiger partial charge in [-0.15, -0.1) is 4.85 Å². The summed E-state index contributed by atoms with van der Waals surface area (Å²) < 4.78 is 1.91. The Hall–Kier alpha value is -3.81. The Bertz CT molecular complexity index is 1180. The molecule has 3 N–H and O–H groups in total. The summed E-state index contributed by atoms with van der Waals surface area (Å²) in [6.07, 6.45) is 1.36. The SMILES string of the molecule is Cc1cccc(Nc2nc(On3c4c5cccc4n53)ncc2C(N)=O)c1. The third kappa shape index (κ3) is 1.99. The molecule has 4 bridgehead atoms. The van der Waals surface area contributed by atoms with Gasteiger partial charge in [0.1, 0.15) is 5.56 Å². The number of anilines is 2. The van der Waals surface area contributed by atoms with E-state index in [9.17, 15) is 4.79 Å². The first kappa shape index (κ1) is 14.5. The molecule has 0 aliphatic carbocycles. The Morgan fingerprint density at radius 3 is 2.62 bits per heavy atom. The van der Waals surface area contributed by atoms with Gasteiger partial charge >= 0.3 is 6.01 Å². The number of benzene rings is 2. The fraction of sp³-hybridized carbons (Fsp3) is 0.0556. The number of aryl methyl sites for hydroxylation is 1. The predicted octanol–water partition coefficient (Wildman–Crippen LogP) is 2.55. The van der Waals surface area contributed by atoms with Crippen LogP contribution < -0.4 is 15.9 Å². The van der Waals surface area contributed by atoms with Gasteiger partial charge in [-0.1, -0.05) is 18.2 Å². The molecule has 0 aliphatic heterocycles. The van der Waals surface area contributed by atoms with E-state index < -0.39 is 5.91 Å². The quantitative estimate of drug-likeness (QED) is 0.509. The third-order valence-electron chi connectivity index (χ3n) is 4.30. The third-order valence-corrected chi connectivity index (χ3v) is 4.30. The van der Waals surface area contributed by atoms with Crippen molar-refractivity contribution in [2.45, 2.75) is 6.92 Å². The summed E-state index contributed by atoms with van der Waals surface area (Å²) in [5, 5.41) is 3.11. The first-order chi connectivity index (χ1) is 12.6. The molecule has 0 radical (unpaired) electrons. The van der Waals surface area contributed by atoms with E-state index in [0.717, 1.165) is 27.8 Å². The number of primary amides is 1. The lowest BCUT2D eigenvalue weighted by Crippen LogP contribution is -2.30. The van der Waals surface area contributed by atoms with Gasteiger partial charge in [-0.05, 0) is 36.8 Å². The van der Waals surface area contributed by atoms with Crippen LogP contribution in [0.4, 0.5) is 11.5 Å². The van der Waals surface area contributed by atoms with Gasteiger partial charge in [-0.25, -0.2) is 9.50 Å². The topological polar surface area (TPSA) is 99.5 Å². The van der Waals surface area contributed by atoms with Gasteiger partial charge in [0.15, 0.2) is 11.3 Å². The van der Waals surface area contributed by atoms with Crippen molar-refractivity contribution >= 4 is 34.0 Å². The van der Waals surface area contributed by atoms with Crippen LogP contribution in [-0.2, 0) is 0 Å². The fourth-order valence-electron chi connectivity index (χ4n) is 3.05. The summed E-state index contributed by atoms with van der Waals surface area (Å²) in [4.78, 5) is 27.4. The molecule has 0 saturated carbocycles. The number of nitrogens with zero attached hydrogens (tertiary/aromatic N) is 4. The second-order valence-corrected chi connectivity index (χ2v) is 6.09. The molecule has 0 unspecified atom stereocenters. The molecule has 0 atom stereocenters. The minimum Gasteiger partial charge on any atom is -0.365 e. The molecule has 128 valence electrons. The van der Waals surface area contributed by atoms with Crippen molar-refractivity contribution in [2.75, 3.05) is 5.32 Å². The number of hydrogen-bond donors (Lipinski definition) is 2. The standard InChI is InChI=1S/C18H14N6O2/c1-10-4-2-5-11(8-10)21-17-12(16(19)25)9-20-18(22-17)26-24-15-13-6-3-7-14(15)23(13)24/h2-9H,1H3,(H2,19,25)(H,20,21,22). The van der Waals surface area contributed by atoms with Crippen LogP contribution in [-0.4, -0.2) is 25.2 Å². The second-order valence-electron chi connectivity index (χ2n) is 6.09. The molecule has 1 amide bonds. The number of rotatable bonds is 5. The van der Waals surface area contributed by atoms with Crippen molar-refractivity contribution in [1.82, 2.24) is 19.3 Å². The Kier molecular flexibility index (Phi) is 2.84. The average molecular weight is 346 g/mol. The summed E-state index contributed by atoms with van der Waals surface area (Å²) in [7, 11) is 0. The van der Waals surface area contributed by atoms with E-state index in [4.69, 9.17) is 10.6 Å². The number of nitrogens with one attached hydrogen (secondary N) is 1. The highest BCUT2D eigenvalue weighted by Crippen LogP contribution is 2.34. The zero-order valence-corrected chi connectivity index (χ0v) is 13.8. The Balaban J connectivity index is 1.47. The van der Waals surface area contributed by atoms with Crippen molar-refractivity contribution in [1.29, 1.82) is 0 Å². The summed E-state index contributed by atoms with van der Waals surface area (Å²) in [5.74, 6) is -0.314. The Morgan fingerprint density at radius 2 is 1.92 bits per heavy atom. The Morgan fingerprint density at radius 1 is 1.19 bits per heavy atom. The van der Waals surface area contributed by atoms with Gasteiger partial charge in [0.2, 0.25) is 0 Å². The zero-order valence-electron chi connectivity index (χ0n) is 13.8. The lowest BCUT2D eigenvalue weighted by atomic mass is 10.2. The molecule has 2 aromatic carbocycles. The van der Waals surface area contributed by atoms with Crippen LogP contribution in [0.2, 0.25) is 0 Å². The van der Waals surface area contributed by atoms with Crippen molar-refractivity contribution in [3.63, 3.8) is 0 Å². The maximum Gasteiger partial charge on any atom is 0.347 e. The maximum atomic E-state index is 11.7. The fourth-order valence-corrected chi connectivity index (χ4v) is 3.05. The summed E-state index contributed by atoms with van der Waals surface area (Å²) in [6.45, 7) is 1.98. The van der Waals surface area contributed by atoms with E-state index in [1.54, 1.807) is 4.85 Å². The van der Waals surface area contributed by atoms with Crippen LogP contribution in [0.15, 0.2) is 48.7 Å². The number of para-hydroxylation sites is 1. The zero-order chi connectivity index (χ0) is 17.8. The van der Waals surface area contributed by atoms with Gasteiger partial charge in [0.05, 0.1) is 11.0 Å². The highest BCUT2D eigenvalue weighted by atomic mass is 16.7. The molecule has 0 spiro atoms. The monoisotopic (exact) mass is 346 g/mol. The molecule has 0 aliphatic rings. The molecule has 4 aromatic heterocycles. The van der Waals surface area contributed by atoms with E-state index in [-0.39, 0.29) is 11.6 Å². The van der Waals surface area contributed by atoms with E-state index in [2.05, 4.69) is 15.3 Å². The minimum atomic E-state index is -0.614. The van der Waals surface area contributed by atoms with Crippen molar-refractivity contribution in [2.24, 2.45) is 5.73 Å². The molecule has 8 nitrogen and oxygen atoms in total. The lowest BCUT2D eigenvalue weighted by molar-refractivity contribution is 0.0999. The van der Waals surface area contributed by atoms with E-state index >= 15 is 0 Å². The van der Waals surface area contributed by atoms with Crippen LogP contribution in [0, 0.1) is 6.92 Å².